The molecule has 0 aliphatic carbocycles. The van der Waals surface area contributed by atoms with E-state index in [-0.39, 0.29) is 30.2 Å². The van der Waals surface area contributed by atoms with Gasteiger partial charge in [0.05, 0.1) is 11.3 Å². The van der Waals surface area contributed by atoms with E-state index in [1.807, 2.05) is 0 Å². The van der Waals surface area contributed by atoms with Crippen LogP contribution in [-0.4, -0.2) is 22.9 Å². The van der Waals surface area contributed by atoms with Gasteiger partial charge in [0.15, 0.2) is 0 Å². The third kappa shape index (κ3) is 1.80. The van der Waals surface area contributed by atoms with Gasteiger partial charge >= 0.3 is 5.97 Å². The minimum atomic E-state index is -1.07. The van der Waals surface area contributed by atoms with Crippen molar-refractivity contribution in [2.45, 2.75) is 19.8 Å². The topological polar surface area (TPSA) is 74.7 Å². The number of amides is 2. The fraction of sp³-hybridized carbons (Fsp3) is 0.250. The Balaban J connectivity index is 2.53. The number of benzene rings is 1. The van der Waals surface area contributed by atoms with Crippen molar-refractivity contribution in [3.8, 4) is 0 Å². The minimum absolute atomic E-state index is 0.106. The van der Waals surface area contributed by atoms with Gasteiger partial charge in [0.1, 0.15) is 0 Å². The van der Waals surface area contributed by atoms with E-state index < -0.39 is 5.97 Å². The zero-order valence-electron chi connectivity index (χ0n) is 9.27. The Hall–Kier alpha value is -2.17. The standard InChI is InChI=1S/C12H11NO4/c1-7-8(12(16)17)3-2-4-9(7)13-10(14)5-6-11(13)15/h2-4H,5-6H2,1H3,(H,16,17). The number of carbonyl (C=O) groups excluding carboxylic acids is 2. The smallest absolute Gasteiger partial charge is 0.336 e. The Morgan fingerprint density at radius 2 is 1.82 bits per heavy atom. The highest BCUT2D eigenvalue weighted by molar-refractivity contribution is 6.20. The van der Waals surface area contributed by atoms with Crippen molar-refractivity contribution >= 4 is 23.5 Å². The Morgan fingerprint density at radius 3 is 2.35 bits per heavy atom. The van der Waals surface area contributed by atoms with E-state index in [9.17, 15) is 14.4 Å². The highest BCUT2D eigenvalue weighted by Gasteiger charge is 2.31. The van der Waals surface area contributed by atoms with Crippen LogP contribution in [0.2, 0.25) is 0 Å². The highest BCUT2D eigenvalue weighted by atomic mass is 16.4. The molecule has 1 fully saturated rings. The number of carboxylic acid groups (broad SMARTS) is 1. The van der Waals surface area contributed by atoms with Gasteiger partial charge in [-0.25, -0.2) is 4.79 Å². The Labute approximate surface area is 97.7 Å². The molecule has 1 aliphatic rings. The van der Waals surface area contributed by atoms with E-state index in [1.54, 1.807) is 13.0 Å². The van der Waals surface area contributed by atoms with Crippen molar-refractivity contribution in [2.75, 3.05) is 4.90 Å². The van der Waals surface area contributed by atoms with E-state index in [2.05, 4.69) is 0 Å². The lowest BCUT2D eigenvalue weighted by Gasteiger charge is -2.17. The predicted molar refractivity (Wildman–Crippen MR) is 59.9 cm³/mol. The fourth-order valence-corrected chi connectivity index (χ4v) is 1.94. The number of nitrogens with zero attached hydrogens (tertiary/aromatic N) is 1. The third-order valence-corrected chi connectivity index (χ3v) is 2.83. The second kappa shape index (κ2) is 4.01. The molecule has 0 saturated carbocycles. The number of hydrogen-bond donors (Lipinski definition) is 1. The van der Waals surface area contributed by atoms with Crippen molar-refractivity contribution in [1.29, 1.82) is 0 Å². The largest absolute Gasteiger partial charge is 0.478 e. The zero-order valence-corrected chi connectivity index (χ0v) is 9.27. The number of rotatable bonds is 2. The predicted octanol–water partition coefficient (Wildman–Crippen LogP) is 1.35. The normalized spacial score (nSPS) is 15.5. The molecule has 2 rings (SSSR count). The second-order valence-corrected chi connectivity index (χ2v) is 3.88. The van der Waals surface area contributed by atoms with Gasteiger partial charge in [0.2, 0.25) is 11.8 Å². The number of carboxylic acids is 1. The summed E-state index contributed by atoms with van der Waals surface area (Å²) in [5, 5.41) is 8.98. The number of hydrogen-bond acceptors (Lipinski definition) is 3. The Kier molecular flexibility index (Phi) is 2.67. The van der Waals surface area contributed by atoms with Crippen LogP contribution in [0.3, 0.4) is 0 Å². The molecule has 1 aromatic carbocycles. The summed E-state index contributed by atoms with van der Waals surface area (Å²) in [6, 6.07) is 4.57. The first-order chi connectivity index (χ1) is 8.02. The maximum absolute atomic E-state index is 11.6. The molecule has 0 unspecified atom stereocenters. The molecule has 0 bridgehead atoms. The third-order valence-electron chi connectivity index (χ3n) is 2.83. The molecule has 0 radical (unpaired) electrons. The zero-order chi connectivity index (χ0) is 12.6. The van der Waals surface area contributed by atoms with Crippen molar-refractivity contribution in [1.82, 2.24) is 0 Å². The number of aromatic carboxylic acids is 1. The van der Waals surface area contributed by atoms with Crippen molar-refractivity contribution in [2.24, 2.45) is 0 Å². The van der Waals surface area contributed by atoms with Crippen LogP contribution in [-0.2, 0) is 9.59 Å². The lowest BCUT2D eigenvalue weighted by atomic mass is 10.1. The molecule has 17 heavy (non-hydrogen) atoms. The number of anilines is 1. The van der Waals surface area contributed by atoms with Crippen molar-refractivity contribution in [3.63, 3.8) is 0 Å². The van der Waals surface area contributed by atoms with Crippen LogP contribution >= 0.6 is 0 Å². The fourth-order valence-electron chi connectivity index (χ4n) is 1.94. The molecule has 2 amide bonds. The van der Waals surface area contributed by atoms with Gasteiger partial charge in [-0.3, -0.25) is 14.5 Å². The second-order valence-electron chi connectivity index (χ2n) is 3.88. The highest BCUT2D eigenvalue weighted by Crippen LogP contribution is 2.27. The maximum atomic E-state index is 11.6. The van der Waals surface area contributed by atoms with Gasteiger partial charge in [-0.05, 0) is 24.6 Å². The van der Waals surface area contributed by atoms with E-state index in [0.29, 0.717) is 11.3 Å². The molecule has 0 spiro atoms. The quantitative estimate of drug-likeness (QED) is 0.782. The monoisotopic (exact) mass is 233 g/mol. The average Bonchev–Trinajstić information content (AvgIpc) is 2.59. The van der Waals surface area contributed by atoms with Crippen LogP contribution < -0.4 is 4.90 Å². The van der Waals surface area contributed by atoms with Crippen LogP contribution in [0.15, 0.2) is 18.2 Å². The summed E-state index contributed by atoms with van der Waals surface area (Å²) in [5.41, 5.74) is 0.913. The molecular weight excluding hydrogens is 222 g/mol. The summed E-state index contributed by atoms with van der Waals surface area (Å²) in [5.74, 6) is -1.62. The lowest BCUT2D eigenvalue weighted by Crippen LogP contribution is -2.29. The average molecular weight is 233 g/mol. The van der Waals surface area contributed by atoms with Crippen LogP contribution in [0.25, 0.3) is 0 Å². The summed E-state index contributed by atoms with van der Waals surface area (Å²) < 4.78 is 0. The molecule has 0 aromatic heterocycles. The first-order valence-electron chi connectivity index (χ1n) is 5.21. The molecule has 1 aromatic rings. The molecule has 1 aliphatic heterocycles. The van der Waals surface area contributed by atoms with Gasteiger partial charge in [0, 0.05) is 12.8 Å². The van der Waals surface area contributed by atoms with Crippen molar-refractivity contribution < 1.29 is 19.5 Å². The van der Waals surface area contributed by atoms with Crippen LogP contribution in [0.4, 0.5) is 5.69 Å². The van der Waals surface area contributed by atoms with Crippen LogP contribution in [0, 0.1) is 6.92 Å². The molecule has 5 heteroatoms. The molecule has 1 N–H and O–H groups in total. The summed E-state index contributed by atoms with van der Waals surface area (Å²) in [4.78, 5) is 35.2. The van der Waals surface area contributed by atoms with E-state index in [1.165, 1.54) is 12.1 Å². The summed E-state index contributed by atoms with van der Waals surface area (Å²) in [7, 11) is 0. The van der Waals surface area contributed by atoms with E-state index >= 15 is 0 Å². The van der Waals surface area contributed by atoms with E-state index in [0.717, 1.165) is 4.90 Å². The van der Waals surface area contributed by atoms with Gasteiger partial charge in [-0.2, -0.15) is 0 Å². The lowest BCUT2D eigenvalue weighted by molar-refractivity contribution is -0.121. The number of imide groups is 1. The SMILES string of the molecule is Cc1c(C(=O)O)cccc1N1C(=O)CCC1=O. The molecule has 1 saturated heterocycles. The van der Waals surface area contributed by atoms with Gasteiger partial charge in [0.25, 0.3) is 0 Å². The van der Waals surface area contributed by atoms with Gasteiger partial charge < -0.3 is 5.11 Å². The molecule has 5 nitrogen and oxygen atoms in total. The summed E-state index contributed by atoms with van der Waals surface area (Å²) >= 11 is 0. The summed E-state index contributed by atoms with van der Waals surface area (Å²) in [6.45, 7) is 1.59. The number of carbonyl (C=O) groups is 3. The Bertz CT molecular complexity index is 505. The van der Waals surface area contributed by atoms with Gasteiger partial charge in [-0.1, -0.05) is 6.07 Å². The maximum Gasteiger partial charge on any atom is 0.336 e. The first kappa shape index (κ1) is 11.3. The molecule has 0 atom stereocenters. The minimum Gasteiger partial charge on any atom is -0.478 e. The first-order valence-corrected chi connectivity index (χ1v) is 5.21. The van der Waals surface area contributed by atoms with Crippen LogP contribution in [0.1, 0.15) is 28.8 Å². The van der Waals surface area contributed by atoms with Crippen molar-refractivity contribution in [3.05, 3.63) is 29.3 Å². The molecule has 1 heterocycles. The molecular formula is C12H11NO4. The van der Waals surface area contributed by atoms with E-state index in [4.69, 9.17) is 5.11 Å². The van der Waals surface area contributed by atoms with Gasteiger partial charge in [-0.15, -0.1) is 0 Å². The summed E-state index contributed by atoms with van der Waals surface area (Å²) in [6.07, 6.45) is 0.380. The van der Waals surface area contributed by atoms with Crippen LogP contribution in [0.5, 0.6) is 0 Å². The Morgan fingerprint density at radius 1 is 1.24 bits per heavy atom. The molecule has 88 valence electrons.